The first-order valence-corrected chi connectivity index (χ1v) is 9.29. The minimum atomic E-state index is -0.514. The van der Waals surface area contributed by atoms with Crippen LogP contribution in [0.4, 0.5) is 14.9 Å². The average Bonchev–Trinajstić information content (AvgIpc) is 3.22. The Bertz CT molecular complexity index is 852. The van der Waals surface area contributed by atoms with Crippen LogP contribution in [-0.2, 0) is 11.8 Å². The molecule has 2 aliphatic rings. The second-order valence-electron chi connectivity index (χ2n) is 7.27. The van der Waals surface area contributed by atoms with E-state index < -0.39 is 5.82 Å². The molecule has 2 saturated heterocycles. The van der Waals surface area contributed by atoms with Gasteiger partial charge in [0, 0.05) is 50.4 Å². The van der Waals surface area contributed by atoms with Gasteiger partial charge in [-0.15, -0.1) is 10.2 Å². The maximum Gasteiger partial charge on any atom is 0.321 e. The van der Waals surface area contributed by atoms with Crippen LogP contribution in [0.2, 0.25) is 5.02 Å². The molecule has 1 aromatic carbocycles. The van der Waals surface area contributed by atoms with E-state index in [1.165, 1.54) is 18.2 Å². The molecule has 2 fully saturated rings. The fourth-order valence-electron chi connectivity index (χ4n) is 4.15. The van der Waals surface area contributed by atoms with Crippen molar-refractivity contribution < 1.29 is 13.9 Å². The lowest BCUT2D eigenvalue weighted by Gasteiger charge is -2.37. The van der Waals surface area contributed by atoms with Crippen molar-refractivity contribution in [3.8, 4) is 0 Å². The lowest BCUT2D eigenvalue weighted by molar-refractivity contribution is 0.0122. The first-order chi connectivity index (χ1) is 13.0. The molecule has 3 heterocycles. The van der Waals surface area contributed by atoms with Crippen LogP contribution < -0.4 is 5.32 Å². The SMILES string of the molecule is Cn1cnnc1C1CN(C(=O)Nc2ccc(F)c(Cl)c2)CC12CCOCC2. The topological polar surface area (TPSA) is 72.3 Å². The number of carbonyl (C=O) groups is 1. The third-order valence-corrected chi connectivity index (χ3v) is 5.94. The van der Waals surface area contributed by atoms with Crippen LogP contribution in [0.5, 0.6) is 0 Å². The van der Waals surface area contributed by atoms with Gasteiger partial charge in [0.1, 0.15) is 18.0 Å². The van der Waals surface area contributed by atoms with Crippen LogP contribution in [0.15, 0.2) is 24.5 Å². The second-order valence-corrected chi connectivity index (χ2v) is 7.67. The van der Waals surface area contributed by atoms with Gasteiger partial charge in [-0.2, -0.15) is 0 Å². The van der Waals surface area contributed by atoms with Crippen molar-refractivity contribution in [1.82, 2.24) is 19.7 Å². The van der Waals surface area contributed by atoms with Crippen LogP contribution in [0, 0.1) is 11.2 Å². The number of urea groups is 1. The van der Waals surface area contributed by atoms with Crippen LogP contribution >= 0.6 is 11.6 Å². The van der Waals surface area contributed by atoms with Gasteiger partial charge < -0.3 is 19.5 Å². The number of hydrogen-bond donors (Lipinski definition) is 1. The molecule has 2 aliphatic heterocycles. The molecule has 1 aromatic heterocycles. The third kappa shape index (κ3) is 3.39. The Balaban J connectivity index is 1.56. The highest BCUT2D eigenvalue weighted by Gasteiger charge is 2.50. The van der Waals surface area contributed by atoms with Crippen molar-refractivity contribution in [1.29, 1.82) is 0 Å². The molecule has 2 amide bonds. The molecule has 0 saturated carbocycles. The Morgan fingerprint density at radius 3 is 2.85 bits per heavy atom. The smallest absolute Gasteiger partial charge is 0.321 e. The number of hydrogen-bond acceptors (Lipinski definition) is 4. The molecule has 4 rings (SSSR count). The predicted molar refractivity (Wildman–Crippen MR) is 98.2 cm³/mol. The lowest BCUT2D eigenvalue weighted by Crippen LogP contribution is -2.38. The van der Waals surface area contributed by atoms with Crippen LogP contribution in [0.1, 0.15) is 24.6 Å². The van der Waals surface area contributed by atoms with Crippen LogP contribution in [0.25, 0.3) is 0 Å². The summed E-state index contributed by atoms with van der Waals surface area (Å²) in [5.41, 5.74) is 0.395. The molecule has 0 aliphatic carbocycles. The summed E-state index contributed by atoms with van der Waals surface area (Å²) in [5, 5.41) is 11.1. The van der Waals surface area contributed by atoms with E-state index in [1.807, 2.05) is 11.6 Å². The van der Waals surface area contributed by atoms with Crippen molar-refractivity contribution in [2.75, 3.05) is 31.6 Å². The first kappa shape index (κ1) is 18.2. The van der Waals surface area contributed by atoms with Gasteiger partial charge in [0.05, 0.1) is 5.02 Å². The summed E-state index contributed by atoms with van der Waals surface area (Å²) in [5.74, 6) is 0.466. The van der Waals surface area contributed by atoms with Gasteiger partial charge in [-0.05, 0) is 31.0 Å². The van der Waals surface area contributed by atoms with Gasteiger partial charge in [0.25, 0.3) is 0 Å². The summed E-state index contributed by atoms with van der Waals surface area (Å²) in [6, 6.07) is 3.92. The zero-order valence-electron chi connectivity index (χ0n) is 15.0. The predicted octanol–water partition coefficient (Wildman–Crippen LogP) is 3.04. The highest BCUT2D eigenvalue weighted by Crippen LogP contribution is 2.48. The fourth-order valence-corrected chi connectivity index (χ4v) is 4.33. The van der Waals surface area contributed by atoms with Crippen molar-refractivity contribution in [3.63, 3.8) is 0 Å². The Morgan fingerprint density at radius 2 is 2.19 bits per heavy atom. The van der Waals surface area contributed by atoms with E-state index in [-0.39, 0.29) is 22.4 Å². The molecule has 9 heteroatoms. The summed E-state index contributed by atoms with van der Waals surface area (Å²) in [6.45, 7) is 2.52. The molecule has 27 heavy (non-hydrogen) atoms. The van der Waals surface area contributed by atoms with Gasteiger partial charge in [0.2, 0.25) is 0 Å². The van der Waals surface area contributed by atoms with Crippen molar-refractivity contribution in [2.24, 2.45) is 12.5 Å². The van der Waals surface area contributed by atoms with E-state index in [1.54, 1.807) is 11.2 Å². The summed E-state index contributed by atoms with van der Waals surface area (Å²) in [6.07, 6.45) is 3.43. The summed E-state index contributed by atoms with van der Waals surface area (Å²) in [4.78, 5) is 14.6. The number of aryl methyl sites for hydroxylation is 1. The Labute approximate surface area is 161 Å². The third-order valence-electron chi connectivity index (χ3n) is 5.65. The normalized spacial score (nSPS) is 21.6. The van der Waals surface area contributed by atoms with E-state index in [9.17, 15) is 9.18 Å². The molecule has 1 atom stereocenters. The van der Waals surface area contributed by atoms with Gasteiger partial charge in [0.15, 0.2) is 0 Å². The van der Waals surface area contributed by atoms with Gasteiger partial charge in [-0.25, -0.2) is 9.18 Å². The highest BCUT2D eigenvalue weighted by molar-refractivity contribution is 6.31. The summed E-state index contributed by atoms with van der Waals surface area (Å²) >= 11 is 5.81. The Kier molecular flexibility index (Phi) is 4.77. The number of carbonyl (C=O) groups excluding carboxylic acids is 1. The molecule has 144 valence electrons. The quantitative estimate of drug-likeness (QED) is 0.851. The summed E-state index contributed by atoms with van der Waals surface area (Å²) in [7, 11) is 1.92. The maximum absolute atomic E-state index is 13.3. The highest BCUT2D eigenvalue weighted by atomic mass is 35.5. The minimum Gasteiger partial charge on any atom is -0.381 e. The Morgan fingerprint density at radius 1 is 1.41 bits per heavy atom. The Hall–Kier alpha value is -2.19. The van der Waals surface area contributed by atoms with Gasteiger partial charge in [-0.3, -0.25) is 0 Å². The number of amides is 2. The molecule has 0 bridgehead atoms. The lowest BCUT2D eigenvalue weighted by atomic mass is 9.72. The molecular formula is C18H21ClFN5O2. The summed E-state index contributed by atoms with van der Waals surface area (Å²) < 4.78 is 20.8. The van der Waals surface area contributed by atoms with E-state index >= 15 is 0 Å². The van der Waals surface area contributed by atoms with E-state index in [4.69, 9.17) is 16.3 Å². The van der Waals surface area contributed by atoms with Crippen molar-refractivity contribution >= 4 is 23.3 Å². The van der Waals surface area contributed by atoms with E-state index in [2.05, 4.69) is 15.5 Å². The number of halogens is 2. The molecule has 1 N–H and O–H groups in total. The monoisotopic (exact) mass is 393 g/mol. The number of likely N-dealkylation sites (tertiary alicyclic amines) is 1. The van der Waals surface area contributed by atoms with E-state index in [0.717, 1.165) is 18.7 Å². The number of ether oxygens (including phenoxy) is 1. The molecule has 7 nitrogen and oxygen atoms in total. The average molecular weight is 394 g/mol. The number of rotatable bonds is 2. The molecule has 0 radical (unpaired) electrons. The van der Waals surface area contributed by atoms with Gasteiger partial charge >= 0.3 is 6.03 Å². The number of nitrogens with one attached hydrogen (secondary N) is 1. The molecule has 2 aromatic rings. The standard InChI is InChI=1S/C18H21ClFN5O2/c1-24-11-21-23-16(24)13-9-25(10-18(13)4-6-27-7-5-18)17(26)22-12-2-3-15(20)14(19)8-12/h2-3,8,11,13H,4-7,9-10H2,1H3,(H,22,26). The van der Waals surface area contributed by atoms with E-state index in [0.29, 0.717) is 32.0 Å². The van der Waals surface area contributed by atoms with Gasteiger partial charge in [-0.1, -0.05) is 11.6 Å². The number of benzene rings is 1. The second kappa shape index (κ2) is 7.09. The number of aromatic nitrogens is 3. The zero-order valence-corrected chi connectivity index (χ0v) is 15.7. The number of anilines is 1. The molecular weight excluding hydrogens is 373 g/mol. The first-order valence-electron chi connectivity index (χ1n) is 8.91. The zero-order chi connectivity index (χ0) is 19.0. The largest absolute Gasteiger partial charge is 0.381 e. The van der Waals surface area contributed by atoms with Crippen LogP contribution in [-0.4, -0.2) is 52.0 Å². The molecule has 1 spiro atoms. The van der Waals surface area contributed by atoms with Crippen molar-refractivity contribution in [2.45, 2.75) is 18.8 Å². The minimum absolute atomic E-state index is 0.0212. The fraction of sp³-hybridized carbons (Fsp3) is 0.500. The number of nitrogens with zero attached hydrogens (tertiary/aromatic N) is 4. The van der Waals surface area contributed by atoms with Crippen LogP contribution in [0.3, 0.4) is 0 Å². The van der Waals surface area contributed by atoms with Crippen molar-refractivity contribution in [3.05, 3.63) is 41.2 Å². The maximum atomic E-state index is 13.3. The molecule has 1 unspecified atom stereocenters.